The zero-order chi connectivity index (χ0) is 15.6. The first kappa shape index (κ1) is 15.1. The van der Waals surface area contributed by atoms with Crippen LogP contribution in [0.2, 0.25) is 0 Å². The number of carbonyl (C=O) groups excluding carboxylic acids is 2. The van der Waals surface area contributed by atoms with Crippen LogP contribution < -0.4 is 10.6 Å². The van der Waals surface area contributed by atoms with Crippen molar-refractivity contribution in [1.29, 1.82) is 0 Å². The largest absolute Gasteiger partial charge is 0.444 e. The molecule has 0 aliphatic carbocycles. The van der Waals surface area contributed by atoms with Crippen molar-refractivity contribution in [2.24, 2.45) is 0 Å². The molecule has 1 atom stereocenters. The average molecular weight is 296 g/mol. The SMILES string of the molecule is CC(C)(C)OC(=O)Nc1ccc(C2CNC(=O)O2)c(F)c1. The van der Waals surface area contributed by atoms with Crippen LogP contribution in [-0.2, 0) is 9.47 Å². The molecule has 7 heteroatoms. The number of carbonyl (C=O) groups is 2. The van der Waals surface area contributed by atoms with Crippen molar-refractivity contribution in [2.45, 2.75) is 32.5 Å². The molecule has 1 unspecified atom stereocenters. The first-order valence-corrected chi connectivity index (χ1v) is 6.48. The highest BCUT2D eigenvalue weighted by atomic mass is 19.1. The Hall–Kier alpha value is -2.31. The lowest BCUT2D eigenvalue weighted by Gasteiger charge is -2.20. The molecule has 6 nitrogen and oxygen atoms in total. The van der Waals surface area contributed by atoms with Gasteiger partial charge in [0.1, 0.15) is 17.5 Å². The van der Waals surface area contributed by atoms with Crippen LogP contribution in [0.15, 0.2) is 18.2 Å². The first-order valence-electron chi connectivity index (χ1n) is 6.48. The Morgan fingerprint density at radius 1 is 1.48 bits per heavy atom. The van der Waals surface area contributed by atoms with Crippen molar-refractivity contribution in [3.63, 3.8) is 0 Å². The summed E-state index contributed by atoms with van der Waals surface area (Å²) < 4.78 is 24.0. The molecule has 0 bridgehead atoms. The molecular formula is C14H17FN2O4. The predicted molar refractivity (Wildman–Crippen MR) is 73.5 cm³/mol. The third kappa shape index (κ3) is 4.08. The van der Waals surface area contributed by atoms with E-state index in [-0.39, 0.29) is 17.8 Å². The minimum Gasteiger partial charge on any atom is -0.444 e. The number of halogens is 1. The lowest BCUT2D eigenvalue weighted by atomic mass is 10.1. The van der Waals surface area contributed by atoms with Gasteiger partial charge in [-0.25, -0.2) is 14.0 Å². The number of anilines is 1. The number of hydrogen-bond donors (Lipinski definition) is 2. The third-order valence-corrected chi connectivity index (χ3v) is 2.67. The molecule has 1 aromatic rings. The van der Waals surface area contributed by atoms with Gasteiger partial charge in [-0.1, -0.05) is 6.07 Å². The monoisotopic (exact) mass is 296 g/mol. The smallest absolute Gasteiger partial charge is 0.412 e. The molecule has 0 aromatic heterocycles. The van der Waals surface area contributed by atoms with E-state index in [0.717, 1.165) is 6.07 Å². The topological polar surface area (TPSA) is 76.7 Å². The lowest BCUT2D eigenvalue weighted by Crippen LogP contribution is -2.27. The summed E-state index contributed by atoms with van der Waals surface area (Å²) in [6.07, 6.45) is -1.90. The molecule has 1 aliphatic heterocycles. The minimum atomic E-state index is -0.663. The van der Waals surface area contributed by atoms with E-state index in [1.807, 2.05) is 0 Å². The fourth-order valence-corrected chi connectivity index (χ4v) is 1.85. The molecule has 0 saturated carbocycles. The van der Waals surface area contributed by atoms with Crippen LogP contribution in [0.1, 0.15) is 32.4 Å². The highest BCUT2D eigenvalue weighted by molar-refractivity contribution is 5.84. The predicted octanol–water partition coefficient (Wildman–Crippen LogP) is 2.95. The second-order valence-electron chi connectivity index (χ2n) is 5.64. The van der Waals surface area contributed by atoms with Crippen LogP contribution >= 0.6 is 0 Å². The van der Waals surface area contributed by atoms with Gasteiger partial charge in [0.05, 0.1) is 6.54 Å². The lowest BCUT2D eigenvalue weighted by molar-refractivity contribution is 0.0636. The number of amides is 2. The number of benzene rings is 1. The molecule has 1 saturated heterocycles. The van der Waals surface area contributed by atoms with Crippen LogP contribution in [0.3, 0.4) is 0 Å². The van der Waals surface area contributed by atoms with Crippen LogP contribution in [0, 0.1) is 5.82 Å². The van der Waals surface area contributed by atoms with Gasteiger partial charge in [-0.2, -0.15) is 0 Å². The average Bonchev–Trinajstić information content (AvgIpc) is 2.73. The number of alkyl carbamates (subject to hydrolysis) is 1. The summed E-state index contributed by atoms with van der Waals surface area (Å²) in [5.41, 5.74) is -0.113. The van der Waals surface area contributed by atoms with Crippen molar-refractivity contribution < 1.29 is 23.5 Å². The number of hydrogen-bond acceptors (Lipinski definition) is 4. The van der Waals surface area contributed by atoms with Crippen LogP contribution in [0.5, 0.6) is 0 Å². The van der Waals surface area contributed by atoms with Gasteiger partial charge in [0, 0.05) is 11.3 Å². The van der Waals surface area contributed by atoms with Gasteiger partial charge < -0.3 is 14.8 Å². The van der Waals surface area contributed by atoms with E-state index in [0.29, 0.717) is 0 Å². The number of cyclic esters (lactones) is 1. The zero-order valence-electron chi connectivity index (χ0n) is 12.0. The maximum atomic E-state index is 14.0. The molecular weight excluding hydrogens is 279 g/mol. The van der Waals surface area contributed by atoms with E-state index in [1.54, 1.807) is 20.8 Å². The summed E-state index contributed by atoms with van der Waals surface area (Å²) in [4.78, 5) is 22.5. The van der Waals surface area contributed by atoms with Gasteiger partial charge in [-0.15, -0.1) is 0 Å². The Labute approximate surface area is 121 Å². The second-order valence-corrected chi connectivity index (χ2v) is 5.64. The molecule has 21 heavy (non-hydrogen) atoms. The molecule has 0 spiro atoms. The number of rotatable bonds is 2. The highest BCUT2D eigenvalue weighted by Gasteiger charge is 2.27. The van der Waals surface area contributed by atoms with Gasteiger partial charge in [-0.3, -0.25) is 5.32 Å². The summed E-state index contributed by atoms with van der Waals surface area (Å²) >= 11 is 0. The standard InChI is InChI=1S/C14H17FN2O4/c1-14(2,3)21-13(19)17-8-4-5-9(10(15)6-8)11-7-16-12(18)20-11/h4-6,11H,7H2,1-3H3,(H,16,18)(H,17,19). The quantitative estimate of drug-likeness (QED) is 0.879. The van der Waals surface area contributed by atoms with Crippen LogP contribution in [0.25, 0.3) is 0 Å². The third-order valence-electron chi connectivity index (χ3n) is 2.67. The van der Waals surface area contributed by atoms with Crippen LogP contribution in [0.4, 0.5) is 19.7 Å². The van der Waals surface area contributed by atoms with Crippen LogP contribution in [-0.4, -0.2) is 24.3 Å². The second kappa shape index (κ2) is 5.59. The summed E-state index contributed by atoms with van der Waals surface area (Å²) in [5.74, 6) is -0.565. The van der Waals surface area contributed by atoms with Gasteiger partial charge in [0.15, 0.2) is 0 Å². The Kier molecular flexibility index (Phi) is 4.02. The minimum absolute atomic E-state index is 0.217. The van der Waals surface area contributed by atoms with E-state index in [2.05, 4.69) is 10.6 Å². The Morgan fingerprint density at radius 3 is 2.71 bits per heavy atom. The van der Waals surface area contributed by atoms with Crippen molar-refractivity contribution in [3.05, 3.63) is 29.6 Å². The summed E-state index contributed by atoms with van der Waals surface area (Å²) in [6.45, 7) is 5.42. The molecule has 0 radical (unpaired) electrons. The maximum Gasteiger partial charge on any atom is 0.412 e. The number of ether oxygens (including phenoxy) is 2. The summed E-state index contributed by atoms with van der Waals surface area (Å²) in [6, 6.07) is 4.15. The summed E-state index contributed by atoms with van der Waals surface area (Å²) in [5, 5.41) is 4.89. The van der Waals surface area contributed by atoms with E-state index in [9.17, 15) is 14.0 Å². The first-order chi connectivity index (χ1) is 9.74. The van der Waals surface area contributed by atoms with E-state index >= 15 is 0 Å². The molecule has 1 heterocycles. The molecule has 2 rings (SSSR count). The normalized spacial score (nSPS) is 17.9. The van der Waals surface area contributed by atoms with Gasteiger partial charge in [-0.05, 0) is 32.9 Å². The summed E-state index contributed by atoms with van der Waals surface area (Å²) in [7, 11) is 0. The van der Waals surface area contributed by atoms with Crippen molar-refractivity contribution in [1.82, 2.24) is 5.32 Å². The van der Waals surface area contributed by atoms with E-state index in [1.165, 1.54) is 12.1 Å². The fraction of sp³-hybridized carbons (Fsp3) is 0.429. The van der Waals surface area contributed by atoms with Crippen molar-refractivity contribution in [3.8, 4) is 0 Å². The number of nitrogens with one attached hydrogen (secondary N) is 2. The molecule has 1 aromatic carbocycles. The highest BCUT2D eigenvalue weighted by Crippen LogP contribution is 2.26. The molecule has 1 aliphatic rings. The maximum absolute atomic E-state index is 14.0. The van der Waals surface area contributed by atoms with Gasteiger partial charge in [0.2, 0.25) is 0 Å². The van der Waals surface area contributed by atoms with E-state index < -0.39 is 29.7 Å². The van der Waals surface area contributed by atoms with Gasteiger partial charge >= 0.3 is 12.2 Å². The molecule has 1 fully saturated rings. The fourth-order valence-electron chi connectivity index (χ4n) is 1.85. The van der Waals surface area contributed by atoms with Crippen molar-refractivity contribution >= 4 is 17.9 Å². The molecule has 2 N–H and O–H groups in total. The Bertz CT molecular complexity index is 569. The molecule has 2 amide bonds. The van der Waals surface area contributed by atoms with Gasteiger partial charge in [0.25, 0.3) is 0 Å². The van der Waals surface area contributed by atoms with E-state index in [4.69, 9.17) is 9.47 Å². The Morgan fingerprint density at radius 2 is 2.19 bits per heavy atom. The van der Waals surface area contributed by atoms with Crippen molar-refractivity contribution in [2.75, 3.05) is 11.9 Å². The zero-order valence-corrected chi connectivity index (χ0v) is 12.0. The Balaban J connectivity index is 2.05. The molecule has 114 valence electrons.